The molecule has 0 unspecified atom stereocenters. The van der Waals surface area contributed by atoms with Gasteiger partial charge in [-0.1, -0.05) is 42.4 Å². The number of nitrogens with one attached hydrogen (secondary N) is 1. The predicted octanol–water partition coefficient (Wildman–Crippen LogP) is 5.38. The van der Waals surface area contributed by atoms with Gasteiger partial charge < -0.3 is 14.6 Å². The van der Waals surface area contributed by atoms with Gasteiger partial charge >= 0.3 is 0 Å². The molecule has 1 atom stereocenters. The molecule has 30 heavy (non-hydrogen) atoms. The van der Waals surface area contributed by atoms with Crippen molar-refractivity contribution in [2.45, 2.75) is 45.0 Å². The van der Waals surface area contributed by atoms with Crippen LogP contribution in [0, 0.1) is 0 Å². The second kappa shape index (κ2) is 10.5. The molecular formula is C22H25ClN4O2S. The summed E-state index contributed by atoms with van der Waals surface area (Å²) in [6, 6.07) is 15.1. The third kappa shape index (κ3) is 5.77. The Balaban J connectivity index is 1.61. The van der Waals surface area contributed by atoms with Gasteiger partial charge in [-0.15, -0.1) is 10.2 Å². The van der Waals surface area contributed by atoms with Crippen molar-refractivity contribution in [3.05, 3.63) is 64.9 Å². The van der Waals surface area contributed by atoms with Crippen LogP contribution < -0.4 is 10.1 Å². The summed E-state index contributed by atoms with van der Waals surface area (Å²) in [6.07, 6.45) is 0.730. The molecule has 0 radical (unpaired) electrons. The van der Waals surface area contributed by atoms with Crippen LogP contribution in [0.4, 0.5) is 5.69 Å². The van der Waals surface area contributed by atoms with Crippen LogP contribution in [0.5, 0.6) is 5.75 Å². The van der Waals surface area contributed by atoms with Crippen LogP contribution in [0.1, 0.15) is 38.3 Å². The van der Waals surface area contributed by atoms with Crippen LogP contribution in [-0.4, -0.2) is 26.4 Å². The fraction of sp³-hybridized carbons (Fsp3) is 0.318. The van der Waals surface area contributed by atoms with Gasteiger partial charge in [-0.25, -0.2) is 0 Å². The monoisotopic (exact) mass is 444 g/mol. The van der Waals surface area contributed by atoms with Crippen molar-refractivity contribution in [2.24, 2.45) is 0 Å². The van der Waals surface area contributed by atoms with Crippen molar-refractivity contribution >= 4 is 35.0 Å². The van der Waals surface area contributed by atoms with E-state index in [1.54, 1.807) is 24.3 Å². The highest BCUT2D eigenvalue weighted by Crippen LogP contribution is 2.25. The third-order valence-corrected chi connectivity index (χ3v) is 5.75. The number of aromatic nitrogens is 3. The Morgan fingerprint density at radius 3 is 2.47 bits per heavy atom. The first-order chi connectivity index (χ1) is 14.5. The molecule has 0 spiro atoms. The zero-order valence-electron chi connectivity index (χ0n) is 17.3. The van der Waals surface area contributed by atoms with E-state index in [4.69, 9.17) is 16.3 Å². The molecule has 1 N–H and O–H groups in total. The Morgan fingerprint density at radius 2 is 1.83 bits per heavy atom. The Bertz CT molecular complexity index is 974. The van der Waals surface area contributed by atoms with Gasteiger partial charge in [0, 0.05) is 17.3 Å². The first-order valence-corrected chi connectivity index (χ1v) is 11.2. The van der Waals surface area contributed by atoms with Gasteiger partial charge in [0.2, 0.25) is 5.91 Å². The number of hydrogen-bond donors (Lipinski definition) is 1. The lowest BCUT2D eigenvalue weighted by Gasteiger charge is -2.16. The van der Waals surface area contributed by atoms with E-state index in [2.05, 4.69) is 34.6 Å². The summed E-state index contributed by atoms with van der Waals surface area (Å²) in [5.74, 6) is 1.64. The van der Waals surface area contributed by atoms with Gasteiger partial charge in [0.05, 0.1) is 5.75 Å². The molecule has 8 heteroatoms. The van der Waals surface area contributed by atoms with Crippen LogP contribution in [0.3, 0.4) is 0 Å². The summed E-state index contributed by atoms with van der Waals surface area (Å²) in [6.45, 7) is 6.78. The van der Waals surface area contributed by atoms with Crippen LogP contribution in [0.2, 0.25) is 5.02 Å². The van der Waals surface area contributed by atoms with Crippen LogP contribution in [0.15, 0.2) is 53.7 Å². The smallest absolute Gasteiger partial charge is 0.234 e. The highest BCUT2D eigenvalue weighted by atomic mass is 35.5. The number of carbonyl (C=O) groups excluding carboxylic acids is 1. The van der Waals surface area contributed by atoms with Gasteiger partial charge in [-0.2, -0.15) is 0 Å². The van der Waals surface area contributed by atoms with E-state index in [9.17, 15) is 4.79 Å². The standard InChI is InChI=1S/C22H25ClN4O2S/c1-4-16-6-12-19(13-7-16)29-15(3)21-25-26-22(27(21)5-2)30-14-20(28)24-18-10-8-17(23)9-11-18/h6-13,15H,4-5,14H2,1-3H3,(H,24,28)/t15-/m0/s1. The fourth-order valence-electron chi connectivity index (χ4n) is 2.93. The maximum absolute atomic E-state index is 12.3. The molecule has 3 aromatic rings. The summed E-state index contributed by atoms with van der Waals surface area (Å²) in [5.41, 5.74) is 1.97. The first kappa shape index (κ1) is 22.2. The number of amides is 1. The van der Waals surface area contributed by atoms with Crippen LogP contribution in [-0.2, 0) is 17.8 Å². The second-order valence-electron chi connectivity index (χ2n) is 6.69. The molecule has 6 nitrogen and oxygen atoms in total. The van der Waals surface area contributed by atoms with E-state index in [-0.39, 0.29) is 17.8 Å². The SMILES string of the molecule is CCc1ccc(O[C@@H](C)c2nnc(SCC(=O)Nc3ccc(Cl)cc3)n2CC)cc1. The summed E-state index contributed by atoms with van der Waals surface area (Å²) in [4.78, 5) is 12.3. The molecule has 1 heterocycles. The molecule has 3 rings (SSSR count). The van der Waals surface area contributed by atoms with Crippen molar-refractivity contribution in [1.82, 2.24) is 14.8 Å². The van der Waals surface area contributed by atoms with E-state index in [0.717, 1.165) is 18.0 Å². The lowest BCUT2D eigenvalue weighted by molar-refractivity contribution is -0.113. The van der Waals surface area contributed by atoms with E-state index in [1.165, 1.54) is 17.3 Å². The average molecular weight is 445 g/mol. The quantitative estimate of drug-likeness (QED) is 0.448. The number of nitrogens with zero attached hydrogens (tertiary/aromatic N) is 3. The highest BCUT2D eigenvalue weighted by molar-refractivity contribution is 7.99. The van der Waals surface area contributed by atoms with Crippen LogP contribution in [0.25, 0.3) is 0 Å². The van der Waals surface area contributed by atoms with Gasteiger partial charge in [-0.05, 0) is 62.2 Å². The van der Waals surface area contributed by atoms with Gasteiger partial charge in [0.1, 0.15) is 5.75 Å². The average Bonchev–Trinajstić information content (AvgIpc) is 3.17. The second-order valence-corrected chi connectivity index (χ2v) is 8.07. The molecule has 158 valence electrons. The summed E-state index contributed by atoms with van der Waals surface area (Å²) in [7, 11) is 0. The lowest BCUT2D eigenvalue weighted by atomic mass is 10.2. The zero-order chi connectivity index (χ0) is 21.5. The molecule has 1 aromatic heterocycles. The van der Waals surface area contributed by atoms with Crippen molar-refractivity contribution in [3.8, 4) is 5.75 Å². The maximum atomic E-state index is 12.3. The molecule has 0 saturated heterocycles. The molecule has 1 amide bonds. The Labute approximate surface area is 186 Å². The predicted molar refractivity (Wildman–Crippen MR) is 121 cm³/mol. The van der Waals surface area contributed by atoms with E-state index >= 15 is 0 Å². The largest absolute Gasteiger partial charge is 0.483 e. The Hall–Kier alpha value is -2.51. The molecule has 0 aliphatic carbocycles. The van der Waals surface area contributed by atoms with E-state index in [1.807, 2.05) is 30.5 Å². The first-order valence-electron chi connectivity index (χ1n) is 9.87. The maximum Gasteiger partial charge on any atom is 0.234 e. The van der Waals surface area contributed by atoms with Gasteiger partial charge in [-0.3, -0.25) is 4.79 Å². The Kier molecular flexibility index (Phi) is 7.76. The molecule has 2 aromatic carbocycles. The molecule has 0 aliphatic rings. The molecule has 0 aliphatic heterocycles. The van der Waals surface area contributed by atoms with Gasteiger partial charge in [0.15, 0.2) is 17.1 Å². The minimum Gasteiger partial charge on any atom is -0.483 e. The number of halogens is 1. The third-order valence-electron chi connectivity index (χ3n) is 4.53. The summed E-state index contributed by atoms with van der Waals surface area (Å²) < 4.78 is 8.02. The fourth-order valence-corrected chi connectivity index (χ4v) is 3.86. The number of benzene rings is 2. The zero-order valence-corrected chi connectivity index (χ0v) is 18.8. The van der Waals surface area contributed by atoms with Gasteiger partial charge in [0.25, 0.3) is 0 Å². The number of carbonyl (C=O) groups is 1. The molecule has 0 bridgehead atoms. The lowest BCUT2D eigenvalue weighted by Crippen LogP contribution is -2.15. The Morgan fingerprint density at radius 1 is 1.13 bits per heavy atom. The highest BCUT2D eigenvalue weighted by Gasteiger charge is 2.19. The van der Waals surface area contributed by atoms with Crippen molar-refractivity contribution < 1.29 is 9.53 Å². The van der Waals surface area contributed by atoms with Crippen molar-refractivity contribution in [2.75, 3.05) is 11.1 Å². The normalized spacial score (nSPS) is 11.9. The minimum absolute atomic E-state index is 0.116. The summed E-state index contributed by atoms with van der Waals surface area (Å²) >= 11 is 7.22. The van der Waals surface area contributed by atoms with Crippen molar-refractivity contribution in [1.29, 1.82) is 0 Å². The number of aryl methyl sites for hydroxylation is 1. The molecule has 0 fully saturated rings. The number of ether oxygens (including phenoxy) is 1. The summed E-state index contributed by atoms with van der Waals surface area (Å²) in [5, 5.41) is 12.7. The van der Waals surface area contributed by atoms with E-state index in [0.29, 0.717) is 22.4 Å². The minimum atomic E-state index is -0.262. The van der Waals surface area contributed by atoms with Crippen LogP contribution >= 0.6 is 23.4 Å². The molecule has 0 saturated carbocycles. The topological polar surface area (TPSA) is 69.0 Å². The van der Waals surface area contributed by atoms with E-state index < -0.39 is 0 Å². The molecular weight excluding hydrogens is 420 g/mol. The van der Waals surface area contributed by atoms with Crippen molar-refractivity contribution in [3.63, 3.8) is 0 Å². The number of thioether (sulfide) groups is 1. The number of anilines is 1. The number of hydrogen-bond acceptors (Lipinski definition) is 5. The number of rotatable bonds is 9.